The van der Waals surface area contributed by atoms with Gasteiger partial charge in [0.25, 0.3) is 0 Å². The molecule has 0 fully saturated rings. The Morgan fingerprint density at radius 3 is 3.04 bits per heavy atom. The molecule has 0 saturated heterocycles. The van der Waals surface area contributed by atoms with E-state index in [1.54, 1.807) is 10.9 Å². The summed E-state index contributed by atoms with van der Waals surface area (Å²) in [6.07, 6.45) is 7.38. The molecule has 1 aliphatic rings. The lowest BCUT2D eigenvalue weighted by molar-refractivity contribution is -0.122. The molecule has 2 aromatic rings. The van der Waals surface area contributed by atoms with Gasteiger partial charge in [-0.15, -0.1) is 0 Å². The minimum Gasteiger partial charge on any atom is -0.383 e. The maximum atomic E-state index is 12.1. The lowest BCUT2D eigenvalue weighted by Gasteiger charge is -2.34. The summed E-state index contributed by atoms with van der Waals surface area (Å²) in [7, 11) is 1.86. The normalized spacial score (nSPS) is 20.1. The van der Waals surface area contributed by atoms with Crippen molar-refractivity contribution in [1.82, 2.24) is 15.1 Å². The first-order chi connectivity index (χ1) is 11.1. The molecule has 5 nitrogen and oxygen atoms in total. The molecule has 1 atom stereocenters. The third kappa shape index (κ3) is 3.62. The number of rotatable bonds is 5. The van der Waals surface area contributed by atoms with E-state index in [4.69, 9.17) is 0 Å². The first kappa shape index (κ1) is 15.7. The zero-order valence-corrected chi connectivity index (χ0v) is 13.5. The van der Waals surface area contributed by atoms with Crippen molar-refractivity contribution in [3.8, 4) is 0 Å². The molecule has 1 aromatic heterocycles. The van der Waals surface area contributed by atoms with Gasteiger partial charge in [0.1, 0.15) is 5.60 Å². The summed E-state index contributed by atoms with van der Waals surface area (Å²) < 4.78 is 1.73. The predicted molar refractivity (Wildman–Crippen MR) is 87.8 cm³/mol. The number of benzene rings is 1. The average molecular weight is 313 g/mol. The molecule has 1 heterocycles. The number of hydrogen-bond acceptors (Lipinski definition) is 3. The van der Waals surface area contributed by atoms with Gasteiger partial charge in [0.15, 0.2) is 0 Å². The van der Waals surface area contributed by atoms with E-state index in [0.29, 0.717) is 19.3 Å². The van der Waals surface area contributed by atoms with E-state index in [1.165, 1.54) is 5.56 Å². The van der Waals surface area contributed by atoms with Crippen LogP contribution < -0.4 is 5.32 Å². The molecule has 0 bridgehead atoms. The van der Waals surface area contributed by atoms with Crippen LogP contribution in [0.25, 0.3) is 0 Å². The van der Waals surface area contributed by atoms with Crippen LogP contribution >= 0.6 is 0 Å². The van der Waals surface area contributed by atoms with Gasteiger partial charge in [0.05, 0.1) is 12.7 Å². The molecule has 122 valence electrons. The average Bonchev–Trinajstić information content (AvgIpc) is 2.97. The SMILES string of the molecule is Cn1cc(CCC(=O)NC[C@@]2(O)CCCc3ccccc32)cn1. The van der Waals surface area contributed by atoms with Crippen molar-refractivity contribution in [3.63, 3.8) is 0 Å². The Labute approximate surface area is 136 Å². The van der Waals surface area contributed by atoms with Crippen LogP contribution in [-0.4, -0.2) is 27.3 Å². The van der Waals surface area contributed by atoms with Crippen LogP contribution in [0.3, 0.4) is 0 Å². The smallest absolute Gasteiger partial charge is 0.220 e. The van der Waals surface area contributed by atoms with Crippen molar-refractivity contribution in [2.75, 3.05) is 6.54 Å². The molecule has 0 unspecified atom stereocenters. The third-order valence-corrected chi connectivity index (χ3v) is 4.53. The quantitative estimate of drug-likeness (QED) is 0.883. The molecule has 0 radical (unpaired) electrons. The minimum absolute atomic E-state index is 0.0367. The van der Waals surface area contributed by atoms with E-state index in [-0.39, 0.29) is 12.5 Å². The molecule has 5 heteroatoms. The first-order valence-corrected chi connectivity index (χ1v) is 8.12. The Morgan fingerprint density at radius 1 is 1.43 bits per heavy atom. The van der Waals surface area contributed by atoms with E-state index in [9.17, 15) is 9.90 Å². The molecular formula is C18H23N3O2. The van der Waals surface area contributed by atoms with Crippen LogP contribution in [0.5, 0.6) is 0 Å². The van der Waals surface area contributed by atoms with Gasteiger partial charge in [-0.2, -0.15) is 5.10 Å². The van der Waals surface area contributed by atoms with Gasteiger partial charge in [-0.25, -0.2) is 0 Å². The third-order valence-electron chi connectivity index (χ3n) is 4.53. The number of fused-ring (bicyclic) bond motifs is 1. The number of carbonyl (C=O) groups is 1. The highest BCUT2D eigenvalue weighted by atomic mass is 16.3. The molecule has 23 heavy (non-hydrogen) atoms. The summed E-state index contributed by atoms with van der Waals surface area (Å²) in [5.41, 5.74) is 2.24. The number of aliphatic hydroxyl groups is 1. The van der Waals surface area contributed by atoms with Gasteiger partial charge in [-0.1, -0.05) is 24.3 Å². The van der Waals surface area contributed by atoms with Gasteiger partial charge in [0, 0.05) is 19.7 Å². The minimum atomic E-state index is -0.946. The summed E-state index contributed by atoms with van der Waals surface area (Å²) in [5, 5.41) is 17.9. The van der Waals surface area contributed by atoms with E-state index < -0.39 is 5.60 Å². The first-order valence-electron chi connectivity index (χ1n) is 8.12. The van der Waals surface area contributed by atoms with E-state index >= 15 is 0 Å². The second-order valence-corrected chi connectivity index (χ2v) is 6.34. The molecular weight excluding hydrogens is 290 g/mol. The number of nitrogens with one attached hydrogen (secondary N) is 1. The van der Waals surface area contributed by atoms with Crippen LogP contribution in [0.2, 0.25) is 0 Å². The van der Waals surface area contributed by atoms with Crippen molar-refractivity contribution >= 4 is 5.91 Å². The van der Waals surface area contributed by atoms with Crippen molar-refractivity contribution in [3.05, 3.63) is 53.3 Å². The molecule has 0 spiro atoms. The van der Waals surface area contributed by atoms with E-state index in [0.717, 1.165) is 24.0 Å². The molecule has 1 aromatic carbocycles. The number of aryl methyl sites for hydroxylation is 3. The van der Waals surface area contributed by atoms with Gasteiger partial charge in [-0.3, -0.25) is 9.48 Å². The zero-order valence-electron chi connectivity index (χ0n) is 13.5. The zero-order chi connectivity index (χ0) is 16.3. The van der Waals surface area contributed by atoms with Crippen LogP contribution in [0.15, 0.2) is 36.7 Å². The lowest BCUT2D eigenvalue weighted by Crippen LogP contribution is -2.43. The van der Waals surface area contributed by atoms with Crippen LogP contribution in [0.4, 0.5) is 0 Å². The molecule has 1 amide bonds. The monoisotopic (exact) mass is 313 g/mol. The van der Waals surface area contributed by atoms with Crippen molar-refractivity contribution in [1.29, 1.82) is 0 Å². The molecule has 0 saturated carbocycles. The summed E-state index contributed by atoms with van der Waals surface area (Å²) in [5.74, 6) is -0.0367. The maximum Gasteiger partial charge on any atom is 0.220 e. The second kappa shape index (κ2) is 6.54. The number of hydrogen-bond donors (Lipinski definition) is 2. The summed E-state index contributed by atoms with van der Waals surface area (Å²) >= 11 is 0. The van der Waals surface area contributed by atoms with Crippen molar-refractivity contribution in [2.24, 2.45) is 7.05 Å². The number of amides is 1. The molecule has 3 rings (SSSR count). The number of nitrogens with zero attached hydrogens (tertiary/aromatic N) is 2. The fourth-order valence-electron chi connectivity index (χ4n) is 3.27. The summed E-state index contributed by atoms with van der Waals surface area (Å²) in [6, 6.07) is 7.97. The molecule has 0 aliphatic heterocycles. The standard InChI is InChI=1S/C18H23N3O2/c1-21-12-14(11-20-21)8-9-17(22)19-13-18(23)10-4-6-15-5-2-3-7-16(15)18/h2-3,5,7,11-12,23H,4,6,8-10,13H2,1H3,(H,19,22)/t18-/m0/s1. The van der Waals surface area contributed by atoms with Gasteiger partial charge >= 0.3 is 0 Å². The Kier molecular flexibility index (Phi) is 4.48. The van der Waals surface area contributed by atoms with Gasteiger partial charge < -0.3 is 10.4 Å². The number of carbonyl (C=O) groups excluding carboxylic acids is 1. The highest BCUT2D eigenvalue weighted by Crippen LogP contribution is 2.34. The van der Waals surface area contributed by atoms with Gasteiger partial charge in [0.2, 0.25) is 5.91 Å². The fourth-order valence-corrected chi connectivity index (χ4v) is 3.27. The lowest BCUT2D eigenvalue weighted by atomic mass is 9.79. The van der Waals surface area contributed by atoms with Crippen LogP contribution in [0.1, 0.15) is 36.0 Å². The Hall–Kier alpha value is -2.14. The van der Waals surface area contributed by atoms with Crippen LogP contribution in [0, 0.1) is 0 Å². The van der Waals surface area contributed by atoms with Crippen molar-refractivity contribution in [2.45, 2.75) is 37.7 Å². The fraction of sp³-hybridized carbons (Fsp3) is 0.444. The van der Waals surface area contributed by atoms with E-state index in [1.807, 2.05) is 31.4 Å². The van der Waals surface area contributed by atoms with E-state index in [2.05, 4.69) is 16.5 Å². The Balaban J connectivity index is 1.56. The highest BCUT2D eigenvalue weighted by Gasteiger charge is 2.34. The Morgan fingerprint density at radius 2 is 2.26 bits per heavy atom. The summed E-state index contributed by atoms with van der Waals surface area (Å²) in [6.45, 7) is 0.274. The topological polar surface area (TPSA) is 67.2 Å². The largest absolute Gasteiger partial charge is 0.383 e. The summed E-state index contributed by atoms with van der Waals surface area (Å²) in [4.78, 5) is 12.1. The highest BCUT2D eigenvalue weighted by molar-refractivity contribution is 5.76. The number of aromatic nitrogens is 2. The predicted octanol–water partition coefficient (Wildman–Crippen LogP) is 1.69. The molecule has 1 aliphatic carbocycles. The molecule has 2 N–H and O–H groups in total. The second-order valence-electron chi connectivity index (χ2n) is 6.34. The van der Waals surface area contributed by atoms with Gasteiger partial charge in [-0.05, 0) is 42.4 Å². The Bertz CT molecular complexity index is 695. The van der Waals surface area contributed by atoms with Crippen molar-refractivity contribution < 1.29 is 9.90 Å². The maximum absolute atomic E-state index is 12.1. The van der Waals surface area contributed by atoms with Crippen LogP contribution in [-0.2, 0) is 30.3 Å².